The van der Waals surface area contributed by atoms with E-state index in [0.29, 0.717) is 0 Å². The van der Waals surface area contributed by atoms with Gasteiger partial charge in [-0.1, -0.05) is 60.7 Å². The van der Waals surface area contributed by atoms with Crippen molar-refractivity contribution < 1.29 is 17.5 Å². The molecule has 6 N–H and O–H groups in total. The van der Waals surface area contributed by atoms with E-state index in [2.05, 4.69) is 79.4 Å². The zero-order chi connectivity index (χ0) is 23.8. The summed E-state index contributed by atoms with van der Waals surface area (Å²) in [6, 6.07) is 14.6. The van der Waals surface area contributed by atoms with Crippen molar-refractivity contribution >= 4 is 16.1 Å². The lowest BCUT2D eigenvalue weighted by Gasteiger charge is -2.14. The summed E-state index contributed by atoms with van der Waals surface area (Å²) in [5, 5.41) is 24.3. The zero-order valence-corrected chi connectivity index (χ0v) is 18.3. The van der Waals surface area contributed by atoms with E-state index >= 15 is 0 Å². The molecule has 0 spiro atoms. The highest BCUT2D eigenvalue weighted by Gasteiger charge is 2.09. The van der Waals surface area contributed by atoms with Gasteiger partial charge in [0.1, 0.15) is 0 Å². The number of nitrogens with two attached hydrogens (primary N) is 1. The monoisotopic (exact) mass is 463 g/mol. The summed E-state index contributed by atoms with van der Waals surface area (Å²) in [6.07, 6.45) is 4.79. The summed E-state index contributed by atoms with van der Waals surface area (Å²) in [4.78, 5) is 0. The number of nitrogens with zero attached hydrogens (tertiary/aromatic N) is 6. The van der Waals surface area contributed by atoms with Crippen molar-refractivity contribution in [1.29, 1.82) is 0 Å². The van der Waals surface area contributed by atoms with Crippen molar-refractivity contribution in [2.24, 2.45) is 0 Å². The minimum absolute atomic E-state index is 0.857. The number of hydrogen-bond acceptors (Lipinski definition) is 9. The van der Waals surface area contributed by atoms with E-state index in [1.807, 2.05) is 18.2 Å². The Balaban J connectivity index is 0.000000275. The summed E-state index contributed by atoms with van der Waals surface area (Å²) in [5.74, 6) is 0. The minimum Gasteiger partial charge on any atom is -0.398 e. The zero-order valence-electron chi connectivity index (χ0n) is 17.5. The highest BCUT2D eigenvalue weighted by molar-refractivity contribution is 7.79. The van der Waals surface area contributed by atoms with Gasteiger partial charge in [-0.25, -0.2) is 0 Å². The van der Waals surface area contributed by atoms with E-state index in [9.17, 15) is 0 Å². The molecule has 0 aliphatic rings. The van der Waals surface area contributed by atoms with Crippen LogP contribution in [0.3, 0.4) is 0 Å². The molecule has 2 heterocycles. The Morgan fingerprint density at radius 3 is 1.75 bits per heavy atom. The molecule has 0 amide bonds. The van der Waals surface area contributed by atoms with Crippen LogP contribution in [0.25, 0.3) is 11.1 Å². The van der Waals surface area contributed by atoms with Crippen molar-refractivity contribution in [2.45, 2.75) is 26.7 Å². The number of aryl methyl sites for hydroxylation is 1. The van der Waals surface area contributed by atoms with Crippen LogP contribution in [0.2, 0.25) is 0 Å². The van der Waals surface area contributed by atoms with Crippen LogP contribution in [0.4, 0.5) is 5.69 Å². The van der Waals surface area contributed by atoms with Gasteiger partial charge in [-0.15, -0.1) is 20.4 Å². The van der Waals surface area contributed by atoms with Crippen molar-refractivity contribution in [3.8, 4) is 11.1 Å². The maximum absolute atomic E-state index is 8.74. The van der Waals surface area contributed by atoms with Gasteiger partial charge in [-0.05, 0) is 35.6 Å². The maximum Gasteiger partial charge on any atom is 0.394 e. The van der Waals surface area contributed by atoms with E-state index in [1.165, 1.54) is 29.3 Å². The summed E-state index contributed by atoms with van der Waals surface area (Å²) < 4.78 is 31.6. The highest BCUT2D eigenvalue weighted by Crippen LogP contribution is 2.31. The Morgan fingerprint density at radius 2 is 1.38 bits per heavy atom. The fourth-order valence-corrected chi connectivity index (χ4v) is 2.64. The Labute approximate surface area is 185 Å². The number of aromatic amines is 2. The van der Waals surface area contributed by atoms with Gasteiger partial charge in [0.15, 0.2) is 12.7 Å². The first kappa shape index (κ1) is 26.3. The van der Waals surface area contributed by atoms with Gasteiger partial charge >= 0.3 is 10.4 Å². The Bertz CT molecular complexity index is 1040. The van der Waals surface area contributed by atoms with Gasteiger partial charge in [0.2, 0.25) is 0 Å². The average molecular weight is 464 g/mol. The molecule has 0 aliphatic carbocycles. The average Bonchev–Trinajstić information content (AvgIpc) is 3.51. The summed E-state index contributed by atoms with van der Waals surface area (Å²) in [7, 11) is -4.67. The molecule has 0 unspecified atom stereocenters. The van der Waals surface area contributed by atoms with Crippen molar-refractivity contribution in [2.75, 3.05) is 5.73 Å². The SMILES string of the molecule is CCc1cccc(-c2ccccc2N)c1CC.O=S(=O)(O)O.c1nn[nH]n1.c1nn[nH]n1. The molecular weight excluding hydrogens is 438 g/mol. The molecule has 172 valence electrons. The summed E-state index contributed by atoms with van der Waals surface area (Å²) in [5.41, 5.74) is 12.2. The maximum atomic E-state index is 8.74. The number of anilines is 1. The molecule has 0 atom stereocenters. The van der Waals surface area contributed by atoms with Crippen LogP contribution in [0.15, 0.2) is 55.1 Å². The van der Waals surface area contributed by atoms with Gasteiger partial charge in [-0.2, -0.15) is 18.8 Å². The lowest BCUT2D eigenvalue weighted by atomic mass is 9.92. The van der Waals surface area contributed by atoms with Crippen LogP contribution in [0.1, 0.15) is 25.0 Å². The molecule has 0 saturated carbocycles. The first-order valence-electron chi connectivity index (χ1n) is 9.26. The molecule has 0 radical (unpaired) electrons. The van der Waals surface area contributed by atoms with Gasteiger partial charge in [0, 0.05) is 11.3 Å². The second kappa shape index (κ2) is 14.3. The van der Waals surface area contributed by atoms with Crippen LogP contribution < -0.4 is 5.73 Å². The quantitative estimate of drug-likeness (QED) is 0.218. The summed E-state index contributed by atoms with van der Waals surface area (Å²) >= 11 is 0. The van der Waals surface area contributed by atoms with Crippen LogP contribution in [-0.2, 0) is 23.2 Å². The fraction of sp³-hybridized carbons (Fsp3) is 0.222. The number of nitrogen functional groups attached to an aromatic ring is 1. The van der Waals surface area contributed by atoms with E-state index in [0.717, 1.165) is 24.1 Å². The molecule has 14 heteroatoms. The van der Waals surface area contributed by atoms with Gasteiger partial charge < -0.3 is 5.73 Å². The first-order valence-corrected chi connectivity index (χ1v) is 10.7. The Hall–Kier alpha value is -3.75. The predicted molar refractivity (Wildman–Crippen MR) is 118 cm³/mol. The molecule has 32 heavy (non-hydrogen) atoms. The third kappa shape index (κ3) is 10.9. The standard InChI is InChI=1S/C16H19N.2CH2N4.H2O4S/c1-3-12-8-7-10-14(13(12)4-2)15-9-5-6-11-16(15)17;2*1-2-4-5-3-1;1-5(2,3)4/h5-11H,3-4,17H2,1-2H3;2*1H,(H,2,3,4,5);(H2,1,2,3,4). The molecular formula is C18H25N9O4S. The van der Waals surface area contributed by atoms with Gasteiger partial charge in [0.25, 0.3) is 0 Å². The van der Waals surface area contributed by atoms with Crippen LogP contribution in [0, 0.1) is 0 Å². The third-order valence-corrected chi connectivity index (χ3v) is 3.80. The number of H-pyrrole nitrogens is 2. The number of para-hydroxylation sites is 1. The lowest BCUT2D eigenvalue weighted by molar-refractivity contribution is 0.381. The fourth-order valence-electron chi connectivity index (χ4n) is 2.64. The summed E-state index contributed by atoms with van der Waals surface area (Å²) in [6.45, 7) is 4.41. The molecule has 0 aliphatic heterocycles. The smallest absolute Gasteiger partial charge is 0.394 e. The third-order valence-electron chi connectivity index (χ3n) is 3.80. The molecule has 2 aromatic heterocycles. The van der Waals surface area contributed by atoms with Crippen molar-refractivity contribution in [3.05, 3.63) is 66.2 Å². The van der Waals surface area contributed by atoms with E-state index in [1.54, 1.807) is 0 Å². The predicted octanol–water partition coefficient (Wildman–Crippen LogP) is 1.81. The number of aromatic nitrogens is 8. The number of nitrogens with one attached hydrogen (secondary N) is 2. The Morgan fingerprint density at radius 1 is 0.844 bits per heavy atom. The van der Waals surface area contributed by atoms with Crippen LogP contribution in [-0.4, -0.2) is 58.8 Å². The largest absolute Gasteiger partial charge is 0.398 e. The molecule has 13 nitrogen and oxygen atoms in total. The van der Waals surface area contributed by atoms with E-state index in [-0.39, 0.29) is 0 Å². The molecule has 0 fully saturated rings. The van der Waals surface area contributed by atoms with Crippen molar-refractivity contribution in [1.82, 2.24) is 41.2 Å². The first-order chi connectivity index (χ1) is 15.3. The van der Waals surface area contributed by atoms with Gasteiger partial charge in [-0.3, -0.25) is 9.11 Å². The molecule has 4 rings (SSSR count). The molecule has 0 saturated heterocycles. The minimum atomic E-state index is -4.67. The lowest BCUT2D eigenvalue weighted by Crippen LogP contribution is -1.97. The normalized spacial score (nSPS) is 9.88. The van der Waals surface area contributed by atoms with Crippen molar-refractivity contribution in [3.63, 3.8) is 0 Å². The number of tetrazole rings is 2. The van der Waals surface area contributed by atoms with Gasteiger partial charge in [0.05, 0.1) is 0 Å². The highest BCUT2D eigenvalue weighted by atomic mass is 32.3. The Kier molecular flexibility index (Phi) is 11.7. The van der Waals surface area contributed by atoms with Crippen LogP contribution in [0.5, 0.6) is 0 Å². The second-order valence-corrected chi connectivity index (χ2v) is 6.70. The second-order valence-electron chi connectivity index (χ2n) is 5.81. The van der Waals surface area contributed by atoms with E-state index < -0.39 is 10.4 Å². The topological polar surface area (TPSA) is 210 Å². The molecule has 4 aromatic rings. The number of hydrogen-bond donors (Lipinski definition) is 5. The number of benzene rings is 2. The van der Waals surface area contributed by atoms with E-state index in [4.69, 9.17) is 23.3 Å². The molecule has 2 aromatic carbocycles. The number of rotatable bonds is 3. The molecule has 0 bridgehead atoms. The van der Waals surface area contributed by atoms with Crippen LogP contribution >= 0.6 is 0 Å².